The molecule has 0 aliphatic rings. The quantitative estimate of drug-likeness (QED) is 0.138. The third-order valence-corrected chi connectivity index (χ3v) is 6.98. The second kappa shape index (κ2) is 17.2. The van der Waals surface area contributed by atoms with Gasteiger partial charge in [-0.2, -0.15) is 10.2 Å². The number of nitrogens with zero attached hydrogens (tertiary/aromatic N) is 2. The van der Waals surface area contributed by atoms with Gasteiger partial charge in [0, 0.05) is 29.0 Å². The number of carbonyl (C=O) groups is 2. The number of hydrazone groups is 2. The van der Waals surface area contributed by atoms with Crippen molar-refractivity contribution in [3.05, 3.63) is 125 Å². The fourth-order valence-corrected chi connectivity index (χ4v) is 5.50. The first-order chi connectivity index (χ1) is 19.2. The van der Waals surface area contributed by atoms with Gasteiger partial charge in [-0.3, -0.25) is 9.59 Å². The molecule has 41 heavy (non-hydrogen) atoms. The van der Waals surface area contributed by atoms with E-state index in [2.05, 4.69) is 84.8 Å². The summed E-state index contributed by atoms with van der Waals surface area (Å²) in [6.07, 6.45) is 2.64. The summed E-state index contributed by atoms with van der Waals surface area (Å²) in [5, 5.41) is 31.2. The SMILES string of the molecule is O=C(N/N=C/c1cc(Br)cc(Br)c1[O-])c1ccccc1.O=C(N/N=C/c1cc(Br)cc(Br)c1[O-])c1ccccc1.[Fe+2]. The van der Waals surface area contributed by atoms with E-state index in [-0.39, 0.29) is 40.4 Å². The Balaban J connectivity index is 0.000000280. The van der Waals surface area contributed by atoms with Crippen LogP contribution in [0.2, 0.25) is 0 Å². The average molecular weight is 850 g/mol. The third-order valence-electron chi connectivity index (χ3n) is 4.89. The number of carbonyl (C=O) groups excluding carboxylic acids is 2. The molecule has 0 aromatic heterocycles. The summed E-state index contributed by atoms with van der Waals surface area (Å²) < 4.78 is 2.37. The van der Waals surface area contributed by atoms with Crippen LogP contribution in [0.25, 0.3) is 0 Å². The zero-order valence-corrected chi connectivity index (χ0v) is 28.1. The molecule has 8 nitrogen and oxygen atoms in total. The van der Waals surface area contributed by atoms with Crippen molar-refractivity contribution in [2.75, 3.05) is 0 Å². The van der Waals surface area contributed by atoms with E-state index in [1.807, 2.05) is 12.1 Å². The molecular formula is C28H18Br4FeN4O4. The van der Waals surface area contributed by atoms with Gasteiger partial charge < -0.3 is 10.2 Å². The Morgan fingerprint density at radius 2 is 0.951 bits per heavy atom. The van der Waals surface area contributed by atoms with Crippen molar-refractivity contribution in [2.24, 2.45) is 10.2 Å². The van der Waals surface area contributed by atoms with Crippen molar-refractivity contribution in [3.8, 4) is 11.5 Å². The number of halogens is 4. The monoisotopic (exact) mass is 846 g/mol. The van der Waals surface area contributed by atoms with Crippen molar-refractivity contribution in [1.82, 2.24) is 10.9 Å². The molecule has 0 bridgehead atoms. The molecule has 0 heterocycles. The van der Waals surface area contributed by atoms with Crippen LogP contribution in [0.3, 0.4) is 0 Å². The van der Waals surface area contributed by atoms with E-state index in [4.69, 9.17) is 0 Å². The molecule has 0 saturated carbocycles. The van der Waals surface area contributed by atoms with E-state index in [0.29, 0.717) is 31.2 Å². The smallest absolute Gasteiger partial charge is 0.871 e. The van der Waals surface area contributed by atoms with Crippen molar-refractivity contribution >= 4 is 88.0 Å². The topological polar surface area (TPSA) is 129 Å². The predicted molar refractivity (Wildman–Crippen MR) is 166 cm³/mol. The molecule has 0 aliphatic heterocycles. The molecular weight excluding hydrogens is 832 g/mol. The average Bonchev–Trinajstić information content (AvgIpc) is 2.95. The Kier molecular flexibility index (Phi) is 14.5. The summed E-state index contributed by atoms with van der Waals surface area (Å²) in [4.78, 5) is 23.5. The maximum absolute atomic E-state index is 11.8. The molecule has 0 saturated heterocycles. The number of rotatable bonds is 6. The van der Waals surface area contributed by atoms with Crippen LogP contribution < -0.4 is 21.1 Å². The van der Waals surface area contributed by atoms with Crippen LogP contribution in [0.5, 0.6) is 11.5 Å². The maximum Gasteiger partial charge on any atom is 2.00 e. The molecule has 0 atom stereocenters. The van der Waals surface area contributed by atoms with Gasteiger partial charge in [0.05, 0.1) is 12.4 Å². The van der Waals surface area contributed by atoms with Crippen LogP contribution in [0.1, 0.15) is 31.8 Å². The second-order valence-corrected chi connectivity index (χ2v) is 11.3. The van der Waals surface area contributed by atoms with Crippen LogP contribution in [-0.4, -0.2) is 24.2 Å². The fraction of sp³-hybridized carbons (Fsp3) is 0. The fourth-order valence-electron chi connectivity index (χ4n) is 2.98. The summed E-state index contributed by atoms with van der Waals surface area (Å²) in [5.74, 6) is -1.04. The van der Waals surface area contributed by atoms with Gasteiger partial charge in [0.2, 0.25) is 0 Å². The minimum absolute atomic E-state index is 0. The number of nitrogens with one attached hydrogen (secondary N) is 2. The first kappa shape index (κ1) is 34.4. The molecule has 0 unspecified atom stereocenters. The standard InChI is InChI=1S/2C14H10Br2N2O2.Fe/c2*15-11-6-10(13(19)12(16)7-11)8-17-18-14(20)9-4-2-1-3-5-9;/h2*1-8,19H,(H,18,20);/q;;+2/p-2/b2*17-8+;. The normalized spacial score (nSPS) is 10.4. The van der Waals surface area contributed by atoms with Crippen LogP contribution >= 0.6 is 63.7 Å². The molecule has 4 aromatic carbocycles. The van der Waals surface area contributed by atoms with Crippen LogP contribution in [-0.2, 0) is 17.1 Å². The predicted octanol–water partition coefficient (Wildman–Crippen LogP) is 6.10. The summed E-state index contributed by atoms with van der Waals surface area (Å²) in [6.45, 7) is 0. The summed E-state index contributed by atoms with van der Waals surface area (Å²) in [5.41, 5.74) is 6.50. The number of amides is 2. The molecule has 0 aliphatic carbocycles. The van der Waals surface area contributed by atoms with Crippen molar-refractivity contribution in [3.63, 3.8) is 0 Å². The van der Waals surface area contributed by atoms with Crippen LogP contribution in [0.15, 0.2) is 113 Å². The van der Waals surface area contributed by atoms with Crippen LogP contribution in [0, 0.1) is 0 Å². The summed E-state index contributed by atoms with van der Waals surface area (Å²) >= 11 is 12.9. The van der Waals surface area contributed by atoms with E-state index in [9.17, 15) is 19.8 Å². The first-order valence-corrected chi connectivity index (χ1v) is 14.4. The Morgan fingerprint density at radius 3 is 1.29 bits per heavy atom. The van der Waals surface area contributed by atoms with Gasteiger partial charge in [0.25, 0.3) is 11.8 Å². The third kappa shape index (κ3) is 10.8. The van der Waals surface area contributed by atoms with E-state index in [1.165, 1.54) is 12.4 Å². The van der Waals surface area contributed by atoms with Gasteiger partial charge in [0.1, 0.15) is 0 Å². The molecule has 0 fully saturated rings. The largest absolute Gasteiger partial charge is 2.00 e. The van der Waals surface area contributed by atoms with Crippen molar-refractivity contribution in [2.45, 2.75) is 0 Å². The Morgan fingerprint density at radius 1 is 0.610 bits per heavy atom. The van der Waals surface area contributed by atoms with E-state index >= 15 is 0 Å². The molecule has 2 amide bonds. The first-order valence-electron chi connectivity index (χ1n) is 11.2. The second-order valence-electron chi connectivity index (χ2n) is 7.74. The molecule has 13 heteroatoms. The van der Waals surface area contributed by atoms with Gasteiger partial charge in [-0.15, -0.1) is 0 Å². The number of hydrogen-bond acceptors (Lipinski definition) is 6. The Labute approximate surface area is 280 Å². The van der Waals surface area contributed by atoms with Gasteiger partial charge in [-0.25, -0.2) is 10.9 Å². The maximum atomic E-state index is 11.8. The van der Waals surface area contributed by atoms with E-state index < -0.39 is 0 Å². The minimum atomic E-state index is -0.330. The van der Waals surface area contributed by atoms with Gasteiger partial charge in [-0.1, -0.05) is 112 Å². The Hall–Kier alpha value is -2.80. The summed E-state index contributed by atoms with van der Waals surface area (Å²) in [7, 11) is 0. The van der Waals surface area contributed by atoms with Crippen molar-refractivity contribution < 1.29 is 36.9 Å². The minimum Gasteiger partial charge on any atom is -0.871 e. The number of benzene rings is 4. The summed E-state index contributed by atoms with van der Waals surface area (Å²) in [6, 6.07) is 24.0. The van der Waals surface area contributed by atoms with E-state index in [1.54, 1.807) is 72.8 Å². The molecule has 0 spiro atoms. The van der Waals surface area contributed by atoms with Gasteiger partial charge >= 0.3 is 17.1 Å². The van der Waals surface area contributed by atoms with Crippen LogP contribution in [0.4, 0.5) is 0 Å². The molecule has 210 valence electrons. The number of hydrogen-bond donors (Lipinski definition) is 2. The van der Waals surface area contributed by atoms with Gasteiger partial charge in [0.15, 0.2) is 0 Å². The Bertz CT molecular complexity index is 1440. The molecule has 0 radical (unpaired) electrons. The van der Waals surface area contributed by atoms with Crippen molar-refractivity contribution in [1.29, 1.82) is 0 Å². The zero-order chi connectivity index (χ0) is 29.1. The zero-order valence-electron chi connectivity index (χ0n) is 20.6. The molecule has 2 N–H and O–H groups in total. The molecule has 4 rings (SSSR count). The molecule has 4 aromatic rings. The van der Waals surface area contributed by atoms with Gasteiger partial charge in [-0.05, 0) is 59.7 Å². The van der Waals surface area contributed by atoms with E-state index in [0.717, 1.165) is 8.95 Å².